The molecule has 15 heavy (non-hydrogen) atoms. The molecule has 0 aliphatic carbocycles. The van der Waals surface area contributed by atoms with Crippen molar-refractivity contribution < 1.29 is 8.42 Å². The first kappa shape index (κ1) is 14.4. The lowest BCUT2D eigenvalue weighted by Crippen LogP contribution is -2.14. The lowest BCUT2D eigenvalue weighted by atomic mass is 10.1. The van der Waals surface area contributed by atoms with Gasteiger partial charge < -0.3 is 0 Å². The van der Waals surface area contributed by atoms with E-state index >= 15 is 0 Å². The average Bonchev–Trinajstić information content (AvgIpc) is 2.14. The molecule has 5 heteroatoms. The van der Waals surface area contributed by atoms with E-state index < -0.39 is 10.0 Å². The zero-order valence-electron chi connectivity index (χ0n) is 8.64. The van der Waals surface area contributed by atoms with Crippen molar-refractivity contribution in [1.29, 1.82) is 0 Å². The number of rotatable bonds is 4. The van der Waals surface area contributed by atoms with Gasteiger partial charge in [0, 0.05) is 0 Å². The molecule has 0 radical (unpaired) electrons. The SMILES string of the molecule is CCCCc1ccccc1S(N)(=O)=O.Cl. The molecule has 0 saturated heterocycles. The van der Waals surface area contributed by atoms with E-state index in [1.54, 1.807) is 12.1 Å². The number of sulfonamides is 1. The zero-order chi connectivity index (χ0) is 10.6. The number of primary sulfonamides is 1. The third-order valence-electron chi connectivity index (χ3n) is 2.08. The molecular weight excluding hydrogens is 234 g/mol. The highest BCUT2D eigenvalue weighted by atomic mass is 35.5. The Morgan fingerprint density at radius 1 is 1.27 bits per heavy atom. The van der Waals surface area contributed by atoms with E-state index in [0.29, 0.717) is 0 Å². The number of halogens is 1. The predicted octanol–water partition coefficient (Wildman–Crippen LogP) is 2.10. The van der Waals surface area contributed by atoms with Crippen molar-refractivity contribution in [2.24, 2.45) is 5.14 Å². The maximum atomic E-state index is 11.2. The lowest BCUT2D eigenvalue weighted by Gasteiger charge is -2.05. The van der Waals surface area contributed by atoms with Crippen molar-refractivity contribution in [3.05, 3.63) is 29.8 Å². The Morgan fingerprint density at radius 3 is 2.40 bits per heavy atom. The smallest absolute Gasteiger partial charge is 0.225 e. The minimum atomic E-state index is -3.56. The fourth-order valence-corrected chi connectivity index (χ4v) is 2.16. The van der Waals surface area contributed by atoms with E-state index in [1.807, 2.05) is 12.1 Å². The molecule has 3 nitrogen and oxygen atoms in total. The first-order valence-electron chi connectivity index (χ1n) is 4.66. The number of hydrogen-bond acceptors (Lipinski definition) is 2. The Balaban J connectivity index is 0.00000196. The minimum absolute atomic E-state index is 0. The largest absolute Gasteiger partial charge is 0.238 e. The molecule has 1 rings (SSSR count). The third-order valence-corrected chi connectivity index (χ3v) is 3.09. The third kappa shape index (κ3) is 4.20. The first-order valence-corrected chi connectivity index (χ1v) is 6.21. The Labute approximate surface area is 97.1 Å². The second-order valence-corrected chi connectivity index (χ2v) is 4.79. The Bertz CT molecular complexity index is 404. The summed E-state index contributed by atoms with van der Waals surface area (Å²) in [6, 6.07) is 6.89. The van der Waals surface area contributed by atoms with Crippen LogP contribution in [0.5, 0.6) is 0 Å². The minimum Gasteiger partial charge on any atom is -0.225 e. The summed E-state index contributed by atoms with van der Waals surface area (Å²) in [4.78, 5) is 0.258. The summed E-state index contributed by atoms with van der Waals surface area (Å²) in [5, 5.41) is 5.10. The van der Waals surface area contributed by atoms with Gasteiger partial charge in [0.05, 0.1) is 4.90 Å². The highest BCUT2D eigenvalue weighted by Gasteiger charge is 2.11. The summed E-state index contributed by atoms with van der Waals surface area (Å²) < 4.78 is 22.4. The van der Waals surface area contributed by atoms with Crippen LogP contribution in [0.3, 0.4) is 0 Å². The fraction of sp³-hybridized carbons (Fsp3) is 0.400. The molecule has 0 fully saturated rings. The van der Waals surface area contributed by atoms with Crippen molar-refractivity contribution in [3.63, 3.8) is 0 Å². The molecule has 0 atom stereocenters. The van der Waals surface area contributed by atoms with Crippen LogP contribution in [0.1, 0.15) is 25.3 Å². The Kier molecular flexibility index (Phi) is 5.87. The van der Waals surface area contributed by atoms with E-state index in [4.69, 9.17) is 5.14 Å². The van der Waals surface area contributed by atoms with Gasteiger partial charge in [-0.1, -0.05) is 31.5 Å². The molecular formula is C10H16ClNO2S. The van der Waals surface area contributed by atoms with E-state index in [0.717, 1.165) is 24.8 Å². The van der Waals surface area contributed by atoms with Crippen LogP contribution in [0.4, 0.5) is 0 Å². The predicted molar refractivity (Wildman–Crippen MR) is 63.7 cm³/mol. The van der Waals surface area contributed by atoms with E-state index in [-0.39, 0.29) is 17.3 Å². The molecule has 0 heterocycles. The summed E-state index contributed by atoms with van der Waals surface area (Å²) in [6.07, 6.45) is 2.79. The molecule has 2 N–H and O–H groups in total. The summed E-state index contributed by atoms with van der Waals surface area (Å²) in [7, 11) is -3.56. The second kappa shape index (κ2) is 6.10. The molecule has 0 bridgehead atoms. The number of hydrogen-bond donors (Lipinski definition) is 1. The first-order chi connectivity index (χ1) is 6.55. The molecule has 1 aromatic carbocycles. The van der Waals surface area contributed by atoms with Gasteiger partial charge in [-0.05, 0) is 24.5 Å². The van der Waals surface area contributed by atoms with Crippen molar-refractivity contribution in [2.75, 3.05) is 0 Å². The van der Waals surface area contributed by atoms with Gasteiger partial charge in [-0.15, -0.1) is 12.4 Å². The molecule has 0 unspecified atom stereocenters. The summed E-state index contributed by atoms with van der Waals surface area (Å²) >= 11 is 0. The number of benzene rings is 1. The van der Waals surface area contributed by atoms with Gasteiger partial charge in [0.2, 0.25) is 10.0 Å². The van der Waals surface area contributed by atoms with Crippen molar-refractivity contribution >= 4 is 22.4 Å². The Hall–Kier alpha value is -0.580. The maximum absolute atomic E-state index is 11.2. The van der Waals surface area contributed by atoms with Crippen LogP contribution in [0.15, 0.2) is 29.2 Å². The molecule has 0 aromatic heterocycles. The summed E-state index contributed by atoms with van der Waals surface area (Å²) in [6.45, 7) is 2.07. The van der Waals surface area contributed by atoms with Gasteiger partial charge in [0.15, 0.2) is 0 Å². The van der Waals surface area contributed by atoms with Gasteiger partial charge >= 0.3 is 0 Å². The van der Waals surface area contributed by atoms with Crippen LogP contribution in [-0.4, -0.2) is 8.42 Å². The van der Waals surface area contributed by atoms with Gasteiger partial charge in [-0.2, -0.15) is 0 Å². The van der Waals surface area contributed by atoms with Crippen molar-refractivity contribution in [1.82, 2.24) is 0 Å². The second-order valence-electron chi connectivity index (χ2n) is 3.26. The zero-order valence-corrected chi connectivity index (χ0v) is 10.3. The summed E-state index contributed by atoms with van der Waals surface area (Å²) in [5.74, 6) is 0. The van der Waals surface area contributed by atoms with E-state index in [2.05, 4.69) is 6.92 Å². The average molecular weight is 250 g/mol. The van der Waals surface area contributed by atoms with Gasteiger partial charge in [-0.3, -0.25) is 0 Å². The van der Waals surface area contributed by atoms with E-state index in [1.165, 1.54) is 0 Å². The van der Waals surface area contributed by atoms with Crippen molar-refractivity contribution in [2.45, 2.75) is 31.1 Å². The van der Waals surface area contributed by atoms with Crippen LogP contribution in [0, 0.1) is 0 Å². The molecule has 0 aliphatic rings. The number of unbranched alkanes of at least 4 members (excludes halogenated alkanes) is 1. The van der Waals surface area contributed by atoms with Crippen LogP contribution in [0.25, 0.3) is 0 Å². The number of aryl methyl sites for hydroxylation is 1. The highest BCUT2D eigenvalue weighted by molar-refractivity contribution is 7.89. The normalized spacial score (nSPS) is 10.8. The molecule has 0 amide bonds. The fourth-order valence-electron chi connectivity index (χ4n) is 1.36. The van der Waals surface area contributed by atoms with Crippen LogP contribution in [-0.2, 0) is 16.4 Å². The quantitative estimate of drug-likeness (QED) is 0.888. The van der Waals surface area contributed by atoms with Gasteiger partial charge in [0.25, 0.3) is 0 Å². The van der Waals surface area contributed by atoms with E-state index in [9.17, 15) is 8.42 Å². The molecule has 0 saturated carbocycles. The monoisotopic (exact) mass is 249 g/mol. The maximum Gasteiger partial charge on any atom is 0.238 e. The van der Waals surface area contributed by atoms with Gasteiger partial charge in [0.1, 0.15) is 0 Å². The van der Waals surface area contributed by atoms with Crippen LogP contribution < -0.4 is 5.14 Å². The lowest BCUT2D eigenvalue weighted by molar-refractivity contribution is 0.596. The van der Waals surface area contributed by atoms with Crippen LogP contribution in [0.2, 0.25) is 0 Å². The standard InChI is InChI=1S/C10H15NO2S.ClH/c1-2-3-6-9-7-4-5-8-10(9)14(11,12)13;/h4-5,7-8H,2-3,6H2,1H3,(H2,11,12,13);1H. The van der Waals surface area contributed by atoms with Gasteiger partial charge in [-0.25, -0.2) is 13.6 Å². The molecule has 0 aliphatic heterocycles. The molecule has 0 spiro atoms. The Morgan fingerprint density at radius 2 is 1.87 bits per heavy atom. The van der Waals surface area contributed by atoms with Crippen molar-refractivity contribution in [3.8, 4) is 0 Å². The summed E-state index contributed by atoms with van der Waals surface area (Å²) in [5.41, 5.74) is 0.817. The molecule has 1 aromatic rings. The highest BCUT2D eigenvalue weighted by Crippen LogP contribution is 2.15. The topological polar surface area (TPSA) is 60.2 Å². The molecule has 86 valence electrons. The van der Waals surface area contributed by atoms with Crippen LogP contribution >= 0.6 is 12.4 Å². The number of nitrogens with two attached hydrogens (primary N) is 1.